The first-order valence-electron chi connectivity index (χ1n) is 6.04. The van der Waals surface area contributed by atoms with Gasteiger partial charge in [-0.1, -0.05) is 17.7 Å². The second-order valence-electron chi connectivity index (χ2n) is 4.93. The minimum atomic E-state index is -3.39. The van der Waals surface area contributed by atoms with Gasteiger partial charge in [-0.15, -0.1) is 0 Å². The Hall–Kier alpha value is -0.950. The van der Waals surface area contributed by atoms with E-state index in [4.69, 9.17) is 4.84 Å². The molecule has 0 aromatic heterocycles. The van der Waals surface area contributed by atoms with Crippen LogP contribution in [0.25, 0.3) is 0 Å². The third-order valence-electron chi connectivity index (χ3n) is 3.44. The number of benzene rings is 1. The van der Waals surface area contributed by atoms with Gasteiger partial charge >= 0.3 is 0 Å². The van der Waals surface area contributed by atoms with E-state index in [2.05, 4.69) is 5.48 Å². The Labute approximate surface area is 107 Å². The molecule has 6 heteroatoms. The van der Waals surface area contributed by atoms with Crippen LogP contribution in [0.2, 0.25) is 0 Å². The van der Waals surface area contributed by atoms with Crippen molar-refractivity contribution < 1.29 is 13.3 Å². The zero-order chi connectivity index (χ0) is 12.8. The Morgan fingerprint density at radius 2 is 2.00 bits per heavy atom. The largest absolute Gasteiger partial charge is 0.297 e. The topological polar surface area (TPSA) is 58.6 Å². The van der Waals surface area contributed by atoms with Crippen LogP contribution in [0.3, 0.4) is 0 Å². The Morgan fingerprint density at radius 1 is 1.28 bits per heavy atom. The zero-order valence-corrected chi connectivity index (χ0v) is 11.0. The quantitative estimate of drug-likeness (QED) is 0.856. The first-order valence-corrected chi connectivity index (χ1v) is 7.48. The van der Waals surface area contributed by atoms with Crippen LogP contribution in [0.15, 0.2) is 29.2 Å². The van der Waals surface area contributed by atoms with E-state index < -0.39 is 10.0 Å². The third-order valence-corrected chi connectivity index (χ3v) is 5.28. The van der Waals surface area contributed by atoms with Crippen molar-refractivity contribution in [1.29, 1.82) is 0 Å². The molecule has 1 aromatic rings. The highest BCUT2D eigenvalue weighted by molar-refractivity contribution is 7.89. The molecule has 0 aliphatic carbocycles. The summed E-state index contributed by atoms with van der Waals surface area (Å²) in [4.78, 5) is 5.66. The molecule has 1 N–H and O–H groups in total. The Morgan fingerprint density at radius 3 is 2.67 bits per heavy atom. The number of fused-ring (bicyclic) bond motifs is 2. The number of nitrogens with one attached hydrogen (secondary N) is 1. The highest BCUT2D eigenvalue weighted by atomic mass is 32.2. The molecule has 0 radical (unpaired) electrons. The number of piperidine rings is 1. The molecule has 1 aromatic carbocycles. The number of hydrogen-bond acceptors (Lipinski definition) is 4. The minimum absolute atomic E-state index is 0.0241. The monoisotopic (exact) mass is 268 g/mol. The van der Waals surface area contributed by atoms with Gasteiger partial charge in [-0.2, -0.15) is 9.79 Å². The fraction of sp³-hybridized carbons (Fsp3) is 0.500. The van der Waals surface area contributed by atoms with Crippen molar-refractivity contribution >= 4 is 10.0 Å². The predicted octanol–water partition coefficient (Wildman–Crippen LogP) is 0.661. The van der Waals surface area contributed by atoms with Gasteiger partial charge in [0.25, 0.3) is 0 Å². The van der Waals surface area contributed by atoms with Crippen LogP contribution in [0, 0.1) is 6.92 Å². The van der Waals surface area contributed by atoms with Crippen molar-refractivity contribution in [1.82, 2.24) is 9.79 Å². The number of rotatable bonds is 2. The molecule has 2 saturated heterocycles. The standard InChI is InChI=1S/C12H16N2O3S/c1-9-2-4-12(5-3-9)18(15,16)14-7-10-6-11(8-14)17-13-10/h2-5,10-11,13H,6-8H2,1H3/t10-,11+/m1/s1. The van der Waals surface area contributed by atoms with Crippen molar-refractivity contribution in [2.24, 2.45) is 0 Å². The lowest BCUT2D eigenvalue weighted by Crippen LogP contribution is -2.45. The summed E-state index contributed by atoms with van der Waals surface area (Å²) in [7, 11) is -3.39. The van der Waals surface area contributed by atoms with Crippen molar-refractivity contribution in [3.63, 3.8) is 0 Å². The maximum Gasteiger partial charge on any atom is 0.243 e. The molecule has 3 rings (SSSR count). The van der Waals surface area contributed by atoms with E-state index in [0.29, 0.717) is 18.0 Å². The average molecular weight is 268 g/mol. The summed E-state index contributed by atoms with van der Waals surface area (Å²) in [6.07, 6.45) is 0.865. The lowest BCUT2D eigenvalue weighted by molar-refractivity contribution is 0.0337. The van der Waals surface area contributed by atoms with Crippen molar-refractivity contribution in [2.75, 3.05) is 13.1 Å². The Bertz CT molecular complexity index is 529. The maximum absolute atomic E-state index is 12.5. The summed E-state index contributed by atoms with van der Waals surface area (Å²) in [5.41, 5.74) is 3.93. The fourth-order valence-corrected chi connectivity index (χ4v) is 3.95. The SMILES string of the molecule is Cc1ccc(S(=O)(=O)N2C[C@H]3C[C@@H](C2)ON3)cc1. The third kappa shape index (κ3) is 2.05. The number of hydroxylamine groups is 1. The van der Waals surface area contributed by atoms with E-state index in [-0.39, 0.29) is 12.1 Å². The number of nitrogens with zero attached hydrogens (tertiary/aromatic N) is 1. The summed E-state index contributed by atoms with van der Waals surface area (Å²) in [5.74, 6) is 0. The van der Waals surface area contributed by atoms with Gasteiger partial charge in [-0.05, 0) is 25.5 Å². The van der Waals surface area contributed by atoms with Gasteiger partial charge < -0.3 is 0 Å². The first kappa shape index (κ1) is 12.1. The molecule has 18 heavy (non-hydrogen) atoms. The Balaban J connectivity index is 1.88. The van der Waals surface area contributed by atoms with Crippen LogP contribution in [-0.4, -0.2) is 38.0 Å². The molecule has 2 aliphatic heterocycles. The van der Waals surface area contributed by atoms with Crippen molar-refractivity contribution in [3.8, 4) is 0 Å². The van der Waals surface area contributed by atoms with Crippen molar-refractivity contribution in [3.05, 3.63) is 29.8 Å². The minimum Gasteiger partial charge on any atom is -0.297 e. The van der Waals surface area contributed by atoms with Crippen LogP contribution < -0.4 is 5.48 Å². The van der Waals surface area contributed by atoms with Gasteiger partial charge in [-0.25, -0.2) is 8.42 Å². The molecule has 0 spiro atoms. The molecule has 0 unspecified atom stereocenters. The van der Waals surface area contributed by atoms with E-state index in [1.807, 2.05) is 19.1 Å². The second kappa shape index (κ2) is 4.31. The molecule has 2 aliphatic rings. The molecular formula is C12H16N2O3S. The maximum atomic E-state index is 12.5. The van der Waals surface area contributed by atoms with Gasteiger partial charge in [0.05, 0.1) is 11.0 Å². The Kier molecular flexibility index (Phi) is 2.90. The molecule has 2 heterocycles. The van der Waals surface area contributed by atoms with E-state index >= 15 is 0 Å². The second-order valence-corrected chi connectivity index (χ2v) is 6.86. The molecule has 0 amide bonds. The fourth-order valence-electron chi connectivity index (χ4n) is 2.43. The van der Waals surface area contributed by atoms with Gasteiger partial charge in [0.2, 0.25) is 10.0 Å². The number of sulfonamides is 1. The van der Waals surface area contributed by atoms with E-state index in [9.17, 15) is 8.42 Å². The van der Waals surface area contributed by atoms with E-state index in [0.717, 1.165) is 12.0 Å². The summed E-state index contributed by atoms with van der Waals surface area (Å²) >= 11 is 0. The number of aryl methyl sites for hydroxylation is 1. The van der Waals surface area contributed by atoms with Crippen molar-refractivity contribution in [2.45, 2.75) is 30.4 Å². The van der Waals surface area contributed by atoms with Crippen LogP contribution in [0.1, 0.15) is 12.0 Å². The van der Waals surface area contributed by atoms with Gasteiger partial charge in [0.15, 0.2) is 0 Å². The summed E-state index contributed by atoms with van der Waals surface area (Å²) in [6.45, 7) is 2.85. The van der Waals surface area contributed by atoms with Crippen LogP contribution in [-0.2, 0) is 14.9 Å². The molecule has 5 nitrogen and oxygen atoms in total. The molecule has 2 bridgehead atoms. The smallest absolute Gasteiger partial charge is 0.243 e. The van der Waals surface area contributed by atoms with Crippen LogP contribution in [0.5, 0.6) is 0 Å². The lowest BCUT2D eigenvalue weighted by Gasteiger charge is -2.28. The van der Waals surface area contributed by atoms with Gasteiger partial charge in [0, 0.05) is 19.1 Å². The highest BCUT2D eigenvalue weighted by Gasteiger charge is 2.39. The van der Waals surface area contributed by atoms with E-state index in [1.165, 1.54) is 4.31 Å². The average Bonchev–Trinajstić information content (AvgIpc) is 2.68. The molecule has 2 atom stereocenters. The summed E-state index contributed by atoms with van der Waals surface area (Å²) in [5, 5.41) is 0. The lowest BCUT2D eigenvalue weighted by atomic mass is 10.1. The predicted molar refractivity (Wildman–Crippen MR) is 66.4 cm³/mol. The number of hydrogen-bond donors (Lipinski definition) is 1. The molecule has 0 saturated carbocycles. The summed E-state index contributed by atoms with van der Waals surface area (Å²) < 4.78 is 26.4. The zero-order valence-electron chi connectivity index (χ0n) is 10.2. The molecule has 2 fully saturated rings. The van der Waals surface area contributed by atoms with Gasteiger partial charge in [0.1, 0.15) is 0 Å². The van der Waals surface area contributed by atoms with E-state index in [1.54, 1.807) is 12.1 Å². The van der Waals surface area contributed by atoms with Crippen LogP contribution in [0.4, 0.5) is 0 Å². The highest BCUT2D eigenvalue weighted by Crippen LogP contribution is 2.25. The normalized spacial score (nSPS) is 28.5. The van der Waals surface area contributed by atoms with Crippen LogP contribution >= 0.6 is 0 Å². The van der Waals surface area contributed by atoms with Gasteiger partial charge in [-0.3, -0.25) is 4.84 Å². The first-order chi connectivity index (χ1) is 8.55. The summed E-state index contributed by atoms with van der Waals surface area (Å²) in [6, 6.07) is 7.08. The molecule has 98 valence electrons. The molecular weight excluding hydrogens is 252 g/mol.